The number of anilines is 1. The van der Waals surface area contributed by atoms with E-state index in [1.165, 1.54) is 24.3 Å². The maximum Gasteiger partial charge on any atom is 0.256 e. The number of halogens is 1. The van der Waals surface area contributed by atoms with E-state index in [1.54, 1.807) is 0 Å². The second-order valence-corrected chi connectivity index (χ2v) is 3.78. The van der Waals surface area contributed by atoms with Crippen molar-refractivity contribution >= 4 is 11.7 Å². The largest absolute Gasteiger partial charge is 0.305 e. The first kappa shape index (κ1) is 11.3. The number of nitrogens with zero attached hydrogens (tertiary/aromatic N) is 1. The Kier molecular flexibility index (Phi) is 2.91. The molecule has 0 bridgehead atoms. The average molecular weight is 233 g/mol. The van der Waals surface area contributed by atoms with Crippen molar-refractivity contribution < 1.29 is 9.18 Å². The number of rotatable bonds is 2. The van der Waals surface area contributed by atoms with Crippen LogP contribution in [0.25, 0.3) is 0 Å². The number of aromatic nitrogens is 2. The number of hydrogen-bond donors (Lipinski definition) is 2. The lowest BCUT2D eigenvalue weighted by Crippen LogP contribution is -2.12. The van der Waals surface area contributed by atoms with E-state index < -0.39 is 0 Å². The van der Waals surface area contributed by atoms with Crippen LogP contribution in [-0.2, 0) is 0 Å². The van der Waals surface area contributed by atoms with E-state index in [0.717, 1.165) is 11.3 Å². The minimum Gasteiger partial charge on any atom is -0.305 e. The number of carbonyl (C=O) groups excluding carboxylic acids is 1. The topological polar surface area (TPSA) is 57.8 Å². The summed E-state index contributed by atoms with van der Waals surface area (Å²) in [6, 6.07) is 5.36. The van der Waals surface area contributed by atoms with Gasteiger partial charge >= 0.3 is 0 Å². The van der Waals surface area contributed by atoms with E-state index in [1.807, 2.05) is 13.8 Å². The summed E-state index contributed by atoms with van der Waals surface area (Å²) in [4.78, 5) is 11.8. The molecular weight excluding hydrogens is 221 g/mol. The number of amides is 1. The van der Waals surface area contributed by atoms with Crippen LogP contribution in [0.2, 0.25) is 0 Å². The molecule has 2 aromatic rings. The number of H-pyrrole nitrogens is 1. The van der Waals surface area contributed by atoms with Crippen LogP contribution in [0.4, 0.5) is 10.2 Å². The number of benzene rings is 1. The Labute approximate surface area is 97.9 Å². The van der Waals surface area contributed by atoms with Gasteiger partial charge in [0.1, 0.15) is 5.82 Å². The van der Waals surface area contributed by atoms with Crippen LogP contribution < -0.4 is 5.32 Å². The summed E-state index contributed by atoms with van der Waals surface area (Å²) in [6.07, 6.45) is 0. The molecule has 0 atom stereocenters. The van der Waals surface area contributed by atoms with E-state index in [4.69, 9.17) is 0 Å². The molecule has 0 saturated heterocycles. The normalized spacial score (nSPS) is 10.3. The van der Waals surface area contributed by atoms with Crippen LogP contribution in [0.15, 0.2) is 24.3 Å². The van der Waals surface area contributed by atoms with Crippen molar-refractivity contribution in [1.29, 1.82) is 0 Å². The van der Waals surface area contributed by atoms with Crippen molar-refractivity contribution in [3.63, 3.8) is 0 Å². The highest BCUT2D eigenvalue weighted by atomic mass is 19.1. The molecule has 17 heavy (non-hydrogen) atoms. The van der Waals surface area contributed by atoms with Gasteiger partial charge in [-0.25, -0.2) is 4.39 Å². The van der Waals surface area contributed by atoms with Crippen molar-refractivity contribution in [2.45, 2.75) is 13.8 Å². The zero-order valence-corrected chi connectivity index (χ0v) is 9.54. The molecule has 1 amide bonds. The summed E-state index contributed by atoms with van der Waals surface area (Å²) >= 11 is 0. The van der Waals surface area contributed by atoms with Crippen molar-refractivity contribution in [2.75, 3.05) is 5.32 Å². The summed E-state index contributed by atoms with van der Waals surface area (Å²) in [7, 11) is 0. The predicted octanol–water partition coefficient (Wildman–Crippen LogP) is 2.42. The Morgan fingerprint density at radius 1 is 1.29 bits per heavy atom. The van der Waals surface area contributed by atoms with Gasteiger partial charge in [-0.3, -0.25) is 9.89 Å². The molecule has 0 unspecified atom stereocenters. The van der Waals surface area contributed by atoms with E-state index >= 15 is 0 Å². The van der Waals surface area contributed by atoms with Crippen LogP contribution >= 0.6 is 0 Å². The second-order valence-electron chi connectivity index (χ2n) is 3.78. The van der Waals surface area contributed by atoms with Crippen LogP contribution in [0.5, 0.6) is 0 Å². The van der Waals surface area contributed by atoms with Crippen molar-refractivity contribution in [3.8, 4) is 0 Å². The quantitative estimate of drug-likeness (QED) is 0.836. The van der Waals surface area contributed by atoms with Crippen LogP contribution in [0.3, 0.4) is 0 Å². The standard InChI is InChI=1S/C12H12FN3O/c1-7-8(2)15-16-11(7)14-12(17)9-3-5-10(13)6-4-9/h3-6H,1-2H3,(H2,14,15,16,17). The minimum absolute atomic E-state index is 0.306. The second kappa shape index (κ2) is 4.37. The molecule has 0 saturated carbocycles. The third kappa shape index (κ3) is 2.33. The monoisotopic (exact) mass is 233 g/mol. The summed E-state index contributed by atoms with van der Waals surface area (Å²) < 4.78 is 12.7. The van der Waals surface area contributed by atoms with E-state index in [0.29, 0.717) is 11.4 Å². The molecule has 1 heterocycles. The molecule has 0 fully saturated rings. The van der Waals surface area contributed by atoms with E-state index in [9.17, 15) is 9.18 Å². The third-order valence-electron chi connectivity index (χ3n) is 2.59. The maximum absolute atomic E-state index is 12.7. The van der Waals surface area contributed by atoms with E-state index in [2.05, 4.69) is 15.5 Å². The van der Waals surface area contributed by atoms with Crippen molar-refractivity contribution in [3.05, 3.63) is 46.9 Å². The summed E-state index contributed by atoms with van der Waals surface area (Å²) in [5, 5.41) is 9.41. The fourth-order valence-corrected chi connectivity index (χ4v) is 1.39. The number of nitrogens with one attached hydrogen (secondary N) is 2. The molecule has 0 aliphatic carbocycles. The number of carbonyl (C=O) groups is 1. The fourth-order valence-electron chi connectivity index (χ4n) is 1.39. The Morgan fingerprint density at radius 3 is 2.47 bits per heavy atom. The fraction of sp³-hybridized carbons (Fsp3) is 0.167. The molecule has 2 N–H and O–H groups in total. The van der Waals surface area contributed by atoms with Gasteiger partial charge in [0.05, 0.1) is 0 Å². The van der Waals surface area contributed by atoms with Gasteiger partial charge in [0.15, 0.2) is 5.82 Å². The summed E-state index contributed by atoms with van der Waals surface area (Å²) in [6.45, 7) is 3.73. The highest BCUT2D eigenvalue weighted by Gasteiger charge is 2.11. The van der Waals surface area contributed by atoms with Gasteiger partial charge in [-0.2, -0.15) is 5.10 Å². The molecule has 0 aliphatic heterocycles. The zero-order valence-electron chi connectivity index (χ0n) is 9.54. The molecule has 1 aromatic heterocycles. The average Bonchev–Trinajstić information content (AvgIpc) is 2.62. The highest BCUT2D eigenvalue weighted by molar-refractivity contribution is 6.04. The van der Waals surface area contributed by atoms with E-state index in [-0.39, 0.29) is 11.7 Å². The Morgan fingerprint density at radius 2 is 1.94 bits per heavy atom. The van der Waals surface area contributed by atoms with Gasteiger partial charge < -0.3 is 5.32 Å². The zero-order chi connectivity index (χ0) is 12.4. The predicted molar refractivity (Wildman–Crippen MR) is 62.4 cm³/mol. The molecule has 5 heteroatoms. The van der Waals surface area contributed by atoms with Gasteiger partial charge in [0, 0.05) is 16.8 Å². The number of aromatic amines is 1. The Hall–Kier alpha value is -2.17. The first-order valence-corrected chi connectivity index (χ1v) is 5.16. The first-order chi connectivity index (χ1) is 8.08. The molecule has 1 aromatic carbocycles. The molecular formula is C12H12FN3O. The highest BCUT2D eigenvalue weighted by Crippen LogP contribution is 2.15. The molecule has 4 nitrogen and oxygen atoms in total. The molecule has 0 radical (unpaired) electrons. The number of aryl methyl sites for hydroxylation is 1. The van der Waals surface area contributed by atoms with Gasteiger partial charge in [0.2, 0.25) is 0 Å². The molecule has 88 valence electrons. The van der Waals surface area contributed by atoms with Gasteiger partial charge in [-0.05, 0) is 38.1 Å². The van der Waals surface area contributed by atoms with Crippen LogP contribution in [-0.4, -0.2) is 16.1 Å². The van der Waals surface area contributed by atoms with Crippen molar-refractivity contribution in [1.82, 2.24) is 10.2 Å². The van der Waals surface area contributed by atoms with Gasteiger partial charge in [-0.15, -0.1) is 0 Å². The van der Waals surface area contributed by atoms with Crippen molar-refractivity contribution in [2.24, 2.45) is 0 Å². The SMILES string of the molecule is Cc1[nH]nc(NC(=O)c2ccc(F)cc2)c1C. The van der Waals surface area contributed by atoms with Gasteiger partial charge in [0.25, 0.3) is 5.91 Å². The first-order valence-electron chi connectivity index (χ1n) is 5.16. The Balaban J connectivity index is 2.17. The maximum atomic E-state index is 12.7. The molecule has 2 rings (SSSR count). The smallest absolute Gasteiger partial charge is 0.256 e. The lowest BCUT2D eigenvalue weighted by atomic mass is 10.2. The minimum atomic E-state index is -0.367. The number of hydrogen-bond acceptors (Lipinski definition) is 2. The summed E-state index contributed by atoms with van der Waals surface area (Å²) in [5.41, 5.74) is 2.19. The molecule has 0 spiro atoms. The van der Waals surface area contributed by atoms with Gasteiger partial charge in [-0.1, -0.05) is 0 Å². The molecule has 0 aliphatic rings. The lowest BCUT2D eigenvalue weighted by molar-refractivity contribution is 0.102. The lowest BCUT2D eigenvalue weighted by Gasteiger charge is -2.02. The summed E-state index contributed by atoms with van der Waals surface area (Å²) in [5.74, 6) is -0.176. The third-order valence-corrected chi connectivity index (χ3v) is 2.59. The van der Waals surface area contributed by atoms with Crippen LogP contribution in [0, 0.1) is 19.7 Å². The van der Waals surface area contributed by atoms with Crippen LogP contribution in [0.1, 0.15) is 21.6 Å². The Bertz CT molecular complexity index is 545.